The van der Waals surface area contributed by atoms with E-state index in [2.05, 4.69) is 10.3 Å². The van der Waals surface area contributed by atoms with Crippen molar-refractivity contribution in [1.82, 2.24) is 24.8 Å². The minimum atomic E-state index is -3.35. The lowest BCUT2D eigenvalue weighted by Crippen LogP contribution is -2.60. The molecule has 1 aromatic heterocycles. The first-order chi connectivity index (χ1) is 33.9. The molecule has 0 saturated carbocycles. The van der Waals surface area contributed by atoms with Crippen LogP contribution in [0.2, 0.25) is 0 Å². The maximum Gasteiger partial charge on any atom is 0.311 e. The number of likely N-dealkylation sites (N-methyl/N-ethyl adjacent to an activating group) is 2. The summed E-state index contributed by atoms with van der Waals surface area (Å²) in [5.74, 6) is -2.34. The summed E-state index contributed by atoms with van der Waals surface area (Å²) in [5, 5.41) is 78.3. The largest absolute Gasteiger partial charge is 0.491 e. The molecule has 3 aliphatic heterocycles. The number of hydrogen-bond donors (Lipinski definition) is 6. The molecule has 19 atom stereocenters. The molecule has 3 aliphatic rings. The van der Waals surface area contributed by atoms with Crippen molar-refractivity contribution in [2.24, 2.45) is 17.8 Å². The molecule has 1 aromatic carbocycles. The Kier molecular flexibility index (Phi) is 20.9. The fourth-order valence-corrected chi connectivity index (χ4v) is 11.4. The molecule has 21 nitrogen and oxygen atoms in total. The number of esters is 1. The number of aliphatic hydroxyl groups is 6. The quantitative estimate of drug-likeness (QED) is 0.130. The standard InChI is InChI=1S/C51H87N5O16S/c1-29-22-49(8,62)46(31(3)43(68-28-39-23-50(9,66-13)45(60)34(6)70-39)32(4)47(61)71-35(7)51(10,63)44(59)33(5)55(12)24-29)72-48-42(58)41(21-30(2)69-48)54(11)20-19-36-25-56(53-52-36)26-37(57)27-67-38-15-17-40(18-16-38)73(14,64)65/h15-18,25,29-35,37,39,41-46,48,57-60,62-63H,19-24,26-28H2,1-14H3/t29-,30-,31+,32-,33-,34+,35-,37+,39-,41+,42-,43+,44-,45+,46-,48+,49-,50-,51-/m1/s1. The predicted octanol–water partition coefficient (Wildman–Crippen LogP) is 1.60. The number of carbonyl (C=O) groups is 1. The van der Waals surface area contributed by atoms with E-state index in [1.54, 1.807) is 40.8 Å². The second kappa shape index (κ2) is 25.0. The number of benzene rings is 1. The summed E-state index contributed by atoms with van der Waals surface area (Å²) in [6, 6.07) is 4.89. The number of cyclic esters (lactones) is 1. The summed E-state index contributed by atoms with van der Waals surface area (Å²) >= 11 is 0. The first kappa shape index (κ1) is 60.9. The summed E-state index contributed by atoms with van der Waals surface area (Å²) in [4.78, 5) is 18.3. The van der Waals surface area contributed by atoms with Gasteiger partial charge in [0, 0.05) is 63.5 Å². The van der Waals surface area contributed by atoms with Gasteiger partial charge < -0.3 is 73.6 Å². The molecule has 6 N–H and O–H groups in total. The number of carbonyl (C=O) groups excluding carboxylic acids is 1. The van der Waals surface area contributed by atoms with Crippen LogP contribution < -0.4 is 4.74 Å². The highest BCUT2D eigenvalue weighted by Gasteiger charge is 2.51. The summed E-state index contributed by atoms with van der Waals surface area (Å²) in [6.07, 6.45) is -6.29. The number of aliphatic hydroxyl groups excluding tert-OH is 4. The number of methoxy groups -OCH3 is 1. The molecule has 0 spiro atoms. The Morgan fingerprint density at radius 3 is 2.26 bits per heavy atom. The molecule has 0 amide bonds. The van der Waals surface area contributed by atoms with E-state index in [0.717, 1.165) is 6.26 Å². The third kappa shape index (κ3) is 15.4. The van der Waals surface area contributed by atoms with Crippen LogP contribution in [0, 0.1) is 17.8 Å². The second-order valence-corrected chi connectivity index (χ2v) is 24.2. The number of nitrogens with zero attached hydrogens (tertiary/aromatic N) is 5. The summed E-state index contributed by atoms with van der Waals surface area (Å²) in [5.41, 5.74) is -3.79. The van der Waals surface area contributed by atoms with Gasteiger partial charge in [-0.1, -0.05) is 19.1 Å². The third-order valence-electron chi connectivity index (χ3n) is 15.6. The highest BCUT2D eigenvalue weighted by atomic mass is 32.2. The fraction of sp³-hybridized carbons (Fsp3) is 0.824. The Morgan fingerprint density at radius 1 is 0.973 bits per heavy atom. The van der Waals surface area contributed by atoms with Crippen molar-refractivity contribution in [1.29, 1.82) is 0 Å². The van der Waals surface area contributed by atoms with Crippen LogP contribution in [0.15, 0.2) is 35.4 Å². The van der Waals surface area contributed by atoms with Crippen molar-refractivity contribution in [2.45, 2.75) is 203 Å². The second-order valence-electron chi connectivity index (χ2n) is 22.2. The van der Waals surface area contributed by atoms with Crippen molar-refractivity contribution in [3.8, 4) is 5.75 Å². The van der Waals surface area contributed by atoms with Gasteiger partial charge in [0.05, 0.1) is 71.4 Å². The van der Waals surface area contributed by atoms with Gasteiger partial charge in [0.25, 0.3) is 0 Å². The predicted molar refractivity (Wildman–Crippen MR) is 268 cm³/mol. The molecule has 0 aliphatic carbocycles. The molecular formula is C51H87N5O16S. The zero-order valence-electron chi connectivity index (χ0n) is 45.4. The fourth-order valence-electron chi connectivity index (χ4n) is 10.8. The van der Waals surface area contributed by atoms with Gasteiger partial charge in [-0.2, -0.15) is 0 Å². The molecule has 22 heteroatoms. The van der Waals surface area contributed by atoms with E-state index in [9.17, 15) is 43.9 Å². The lowest BCUT2D eigenvalue weighted by atomic mass is 9.77. The molecule has 3 fully saturated rings. The summed E-state index contributed by atoms with van der Waals surface area (Å²) in [7, 11) is 1.87. The van der Waals surface area contributed by atoms with Crippen LogP contribution in [-0.4, -0.2) is 220 Å². The van der Waals surface area contributed by atoms with Crippen molar-refractivity contribution in [2.75, 3.05) is 53.8 Å². The minimum Gasteiger partial charge on any atom is -0.491 e. The summed E-state index contributed by atoms with van der Waals surface area (Å²) < 4.78 is 68.6. The van der Waals surface area contributed by atoms with E-state index < -0.39 is 124 Å². The zero-order valence-corrected chi connectivity index (χ0v) is 46.2. The van der Waals surface area contributed by atoms with Gasteiger partial charge >= 0.3 is 5.97 Å². The van der Waals surface area contributed by atoms with Gasteiger partial charge in [-0.15, -0.1) is 5.10 Å². The lowest BCUT2D eigenvalue weighted by Gasteiger charge is -2.48. The monoisotopic (exact) mass is 1060 g/mol. The van der Waals surface area contributed by atoms with Gasteiger partial charge in [0.1, 0.15) is 48.5 Å². The molecule has 2 aromatic rings. The average Bonchev–Trinajstić information content (AvgIpc) is 3.77. The normalized spacial score (nSPS) is 39.4. The van der Waals surface area contributed by atoms with Crippen LogP contribution in [-0.2, 0) is 56.0 Å². The van der Waals surface area contributed by atoms with Gasteiger partial charge in [-0.25, -0.2) is 13.1 Å². The lowest BCUT2D eigenvalue weighted by molar-refractivity contribution is -0.301. The van der Waals surface area contributed by atoms with Crippen molar-refractivity contribution < 1.29 is 77.0 Å². The van der Waals surface area contributed by atoms with E-state index >= 15 is 0 Å². The molecule has 73 heavy (non-hydrogen) atoms. The average molecular weight is 1060 g/mol. The first-order valence-electron chi connectivity index (χ1n) is 25.6. The number of ether oxygens (including phenoxy) is 7. The smallest absolute Gasteiger partial charge is 0.311 e. The topological polar surface area (TPSA) is 274 Å². The number of sulfone groups is 1. The number of rotatable bonds is 16. The van der Waals surface area contributed by atoms with Crippen LogP contribution in [0.25, 0.3) is 0 Å². The zero-order chi connectivity index (χ0) is 54.5. The first-order valence-corrected chi connectivity index (χ1v) is 27.5. The number of hydrogen-bond acceptors (Lipinski definition) is 20. The molecule has 3 saturated heterocycles. The molecule has 4 heterocycles. The molecule has 0 unspecified atom stereocenters. The molecule has 418 valence electrons. The van der Waals surface area contributed by atoms with Gasteiger partial charge in [-0.3, -0.25) is 4.79 Å². The van der Waals surface area contributed by atoms with Gasteiger partial charge in [-0.05, 0) is 113 Å². The number of aromatic nitrogens is 3. The van der Waals surface area contributed by atoms with E-state index in [-0.39, 0.29) is 43.4 Å². The Bertz CT molecular complexity index is 2170. The van der Waals surface area contributed by atoms with E-state index in [1.165, 1.54) is 49.9 Å². The molecular weight excluding hydrogens is 971 g/mol. The van der Waals surface area contributed by atoms with Crippen LogP contribution in [0.4, 0.5) is 0 Å². The Labute approximate surface area is 432 Å². The minimum absolute atomic E-state index is 0.0389. The highest BCUT2D eigenvalue weighted by molar-refractivity contribution is 7.90. The van der Waals surface area contributed by atoms with E-state index in [4.69, 9.17) is 33.2 Å². The Morgan fingerprint density at radius 2 is 1.63 bits per heavy atom. The van der Waals surface area contributed by atoms with Crippen molar-refractivity contribution in [3.05, 3.63) is 36.2 Å². The van der Waals surface area contributed by atoms with Crippen LogP contribution in [0.1, 0.15) is 94.2 Å². The third-order valence-corrected chi connectivity index (χ3v) is 16.7. The highest BCUT2D eigenvalue weighted by Crippen LogP contribution is 2.39. The van der Waals surface area contributed by atoms with E-state index in [1.807, 2.05) is 44.7 Å². The van der Waals surface area contributed by atoms with Crippen molar-refractivity contribution in [3.63, 3.8) is 0 Å². The van der Waals surface area contributed by atoms with E-state index in [0.29, 0.717) is 37.4 Å². The van der Waals surface area contributed by atoms with Crippen molar-refractivity contribution >= 4 is 15.8 Å². The van der Waals surface area contributed by atoms with Gasteiger partial charge in [0.15, 0.2) is 16.1 Å². The van der Waals surface area contributed by atoms with Crippen LogP contribution in [0.3, 0.4) is 0 Å². The van der Waals surface area contributed by atoms with Crippen LogP contribution >= 0.6 is 0 Å². The molecule has 0 bridgehead atoms. The Balaban J connectivity index is 1.35. The molecule has 5 rings (SSSR count). The van der Waals surface area contributed by atoms with Crippen LogP contribution in [0.5, 0.6) is 5.75 Å². The van der Waals surface area contributed by atoms with Gasteiger partial charge in [0.2, 0.25) is 0 Å². The maximum absolute atomic E-state index is 14.3. The SMILES string of the molecule is CO[C@]1(C)C[C@H](CO[C@H]2[C@H](C)[C@@H](O[C@@H]3O[C@H](C)C[C@H](N(C)CCc4cn(C[C@H](O)COc5ccc(S(C)(=O)=O)cc5)nn4)[C@H]3O)[C@](C)(O)C[C@@H](C)CN(C)[C@H](C)[C@@H](O)[C@](C)(O)[C@@H](C)OC(=O)[C@@H]2C)O[C@@H](C)[C@@H]1O. The molecule has 0 radical (unpaired) electrons. The Hall–Kier alpha value is -2.94. The maximum atomic E-state index is 14.3. The summed E-state index contributed by atoms with van der Waals surface area (Å²) in [6.45, 7) is 18.1.